The van der Waals surface area contributed by atoms with Crippen molar-refractivity contribution < 1.29 is 4.74 Å². The van der Waals surface area contributed by atoms with Crippen LogP contribution in [0.2, 0.25) is 0 Å². The zero-order valence-electron chi connectivity index (χ0n) is 6.21. The monoisotopic (exact) mass is 136 g/mol. The highest BCUT2D eigenvalue weighted by Gasteiger charge is 2.26. The van der Waals surface area contributed by atoms with Gasteiger partial charge in [0.1, 0.15) is 0 Å². The molecule has 10 heavy (non-hydrogen) atoms. The molecule has 0 radical (unpaired) electrons. The Balaban J connectivity index is 2.25. The predicted molar refractivity (Wildman–Crippen MR) is 40.7 cm³/mol. The van der Waals surface area contributed by atoms with Crippen LogP contribution in [0, 0.1) is 5.92 Å². The van der Waals surface area contributed by atoms with E-state index in [0.29, 0.717) is 12.0 Å². The molecule has 0 N–H and O–H groups in total. The molecule has 1 fully saturated rings. The highest BCUT2D eigenvalue weighted by Crippen LogP contribution is 2.29. The maximum Gasteiger partial charge on any atom is 0.0849 e. The highest BCUT2D eigenvalue weighted by atomic mass is 16.5. The molecule has 1 heteroatoms. The van der Waals surface area contributed by atoms with E-state index in [-0.39, 0.29) is 0 Å². The van der Waals surface area contributed by atoms with Crippen LogP contribution in [0.4, 0.5) is 0 Å². The van der Waals surface area contributed by atoms with E-state index in [1.54, 1.807) is 0 Å². The van der Waals surface area contributed by atoms with E-state index >= 15 is 0 Å². The van der Waals surface area contributed by atoms with Crippen LogP contribution < -0.4 is 0 Å². The minimum atomic E-state index is 0.407. The van der Waals surface area contributed by atoms with Gasteiger partial charge in [0.2, 0.25) is 0 Å². The molecule has 1 aliphatic heterocycles. The maximum atomic E-state index is 5.55. The normalized spacial score (nSPS) is 37.5. The van der Waals surface area contributed by atoms with E-state index in [1.807, 2.05) is 0 Å². The third kappa shape index (κ3) is 0.816. The van der Waals surface area contributed by atoms with Crippen molar-refractivity contribution >= 4 is 0 Å². The Morgan fingerprint density at radius 2 is 2.50 bits per heavy atom. The van der Waals surface area contributed by atoms with Crippen molar-refractivity contribution in [2.45, 2.75) is 19.4 Å². The molecule has 0 amide bonds. The Morgan fingerprint density at radius 3 is 3.30 bits per heavy atom. The molecule has 2 aliphatic rings. The fraction of sp³-hybridized carbons (Fsp3) is 0.556. The van der Waals surface area contributed by atoms with Crippen LogP contribution in [-0.2, 0) is 4.74 Å². The Labute approximate surface area is 61.4 Å². The summed E-state index contributed by atoms with van der Waals surface area (Å²) in [7, 11) is 0. The summed E-state index contributed by atoms with van der Waals surface area (Å²) in [5.41, 5.74) is 1.48. The Kier molecular flexibility index (Phi) is 1.38. The largest absolute Gasteiger partial charge is 0.373 e. The second-order valence-electron chi connectivity index (χ2n) is 3.03. The van der Waals surface area contributed by atoms with Crippen molar-refractivity contribution in [2.75, 3.05) is 6.61 Å². The van der Waals surface area contributed by atoms with Gasteiger partial charge in [-0.25, -0.2) is 0 Å². The molecule has 1 aliphatic carbocycles. The van der Waals surface area contributed by atoms with Gasteiger partial charge in [0.15, 0.2) is 0 Å². The van der Waals surface area contributed by atoms with Crippen LogP contribution in [0.15, 0.2) is 23.8 Å². The minimum absolute atomic E-state index is 0.407. The van der Waals surface area contributed by atoms with Crippen molar-refractivity contribution in [2.24, 2.45) is 5.92 Å². The fourth-order valence-electron chi connectivity index (χ4n) is 1.68. The molecule has 1 nitrogen and oxygen atoms in total. The van der Waals surface area contributed by atoms with E-state index in [2.05, 4.69) is 25.2 Å². The number of allylic oxidation sites excluding steroid dienone is 2. The second kappa shape index (κ2) is 2.24. The summed E-state index contributed by atoms with van der Waals surface area (Å²) in [5.74, 6) is 0.586. The van der Waals surface area contributed by atoms with Gasteiger partial charge in [-0.05, 0) is 12.0 Å². The van der Waals surface area contributed by atoms with E-state index in [1.165, 1.54) is 5.57 Å². The number of rotatable bonds is 0. The number of hydrogen-bond donors (Lipinski definition) is 0. The second-order valence-corrected chi connectivity index (χ2v) is 3.03. The van der Waals surface area contributed by atoms with E-state index in [0.717, 1.165) is 13.0 Å². The van der Waals surface area contributed by atoms with Gasteiger partial charge < -0.3 is 4.74 Å². The molecule has 0 aromatic carbocycles. The maximum absolute atomic E-state index is 5.55. The van der Waals surface area contributed by atoms with Gasteiger partial charge in [0.05, 0.1) is 12.7 Å². The van der Waals surface area contributed by atoms with Crippen LogP contribution in [0.25, 0.3) is 0 Å². The summed E-state index contributed by atoms with van der Waals surface area (Å²) in [5, 5.41) is 0. The number of ether oxygens (including phenoxy) is 1. The lowest BCUT2D eigenvalue weighted by Crippen LogP contribution is -2.18. The van der Waals surface area contributed by atoms with Gasteiger partial charge >= 0.3 is 0 Å². The lowest BCUT2D eigenvalue weighted by atomic mass is 9.93. The first-order chi connectivity index (χ1) is 4.88. The topological polar surface area (TPSA) is 9.23 Å². The third-order valence-corrected chi connectivity index (χ3v) is 2.26. The zero-order valence-corrected chi connectivity index (χ0v) is 6.21. The Hall–Kier alpha value is -0.560. The standard InChI is InChI=1S/C9H12O/c1-7-3-2-4-8-5-6-10-9(7)8/h2-4,7,9H,5-6H2,1H3/t7?,9-/m1/s1. The molecule has 2 atom stereocenters. The molecule has 0 bridgehead atoms. The molecule has 1 heterocycles. The molecule has 1 unspecified atom stereocenters. The van der Waals surface area contributed by atoms with Crippen molar-refractivity contribution in [1.82, 2.24) is 0 Å². The van der Waals surface area contributed by atoms with Gasteiger partial charge in [-0.1, -0.05) is 25.2 Å². The summed E-state index contributed by atoms with van der Waals surface area (Å²) >= 11 is 0. The molecule has 0 spiro atoms. The Bertz CT molecular complexity index is 191. The SMILES string of the molecule is CC1C=CC=C2CCO[C@@H]21. The molecular weight excluding hydrogens is 124 g/mol. The van der Waals surface area contributed by atoms with Crippen LogP contribution in [0.1, 0.15) is 13.3 Å². The molecule has 0 aromatic rings. The van der Waals surface area contributed by atoms with E-state index in [4.69, 9.17) is 4.74 Å². The van der Waals surface area contributed by atoms with Gasteiger partial charge in [-0.3, -0.25) is 0 Å². The number of fused-ring (bicyclic) bond motifs is 1. The third-order valence-electron chi connectivity index (χ3n) is 2.26. The smallest absolute Gasteiger partial charge is 0.0849 e. The van der Waals surface area contributed by atoms with Gasteiger partial charge in [-0.15, -0.1) is 0 Å². The zero-order chi connectivity index (χ0) is 6.97. The van der Waals surface area contributed by atoms with Crippen LogP contribution >= 0.6 is 0 Å². The lowest BCUT2D eigenvalue weighted by Gasteiger charge is -2.19. The summed E-state index contributed by atoms with van der Waals surface area (Å²) in [6.45, 7) is 3.13. The van der Waals surface area contributed by atoms with Crippen molar-refractivity contribution in [3.63, 3.8) is 0 Å². The van der Waals surface area contributed by atoms with E-state index < -0.39 is 0 Å². The van der Waals surface area contributed by atoms with Crippen molar-refractivity contribution in [3.05, 3.63) is 23.8 Å². The highest BCUT2D eigenvalue weighted by molar-refractivity contribution is 5.26. The predicted octanol–water partition coefficient (Wildman–Crippen LogP) is 1.91. The Morgan fingerprint density at radius 1 is 1.60 bits per heavy atom. The fourth-order valence-corrected chi connectivity index (χ4v) is 1.68. The summed E-state index contributed by atoms with van der Waals surface area (Å²) in [6, 6.07) is 0. The van der Waals surface area contributed by atoms with Crippen LogP contribution in [0.5, 0.6) is 0 Å². The first-order valence-electron chi connectivity index (χ1n) is 3.87. The van der Waals surface area contributed by atoms with E-state index in [9.17, 15) is 0 Å². The molecule has 0 saturated carbocycles. The average molecular weight is 136 g/mol. The molecule has 54 valence electrons. The summed E-state index contributed by atoms with van der Waals surface area (Å²) < 4.78 is 5.55. The molecule has 1 saturated heterocycles. The van der Waals surface area contributed by atoms with Gasteiger partial charge in [-0.2, -0.15) is 0 Å². The molecule has 0 aromatic heterocycles. The van der Waals surface area contributed by atoms with Crippen LogP contribution in [0.3, 0.4) is 0 Å². The number of hydrogen-bond acceptors (Lipinski definition) is 1. The summed E-state index contributed by atoms with van der Waals surface area (Å²) in [6.07, 6.45) is 8.09. The van der Waals surface area contributed by atoms with Crippen LogP contribution in [-0.4, -0.2) is 12.7 Å². The lowest BCUT2D eigenvalue weighted by molar-refractivity contribution is 0.0984. The first kappa shape index (κ1) is 6.17. The van der Waals surface area contributed by atoms with Crippen molar-refractivity contribution in [3.8, 4) is 0 Å². The molecule has 2 rings (SSSR count). The quantitative estimate of drug-likeness (QED) is 0.494. The average Bonchev–Trinajstić information content (AvgIpc) is 2.36. The van der Waals surface area contributed by atoms with Crippen molar-refractivity contribution in [1.29, 1.82) is 0 Å². The summed E-state index contributed by atoms with van der Waals surface area (Å²) in [4.78, 5) is 0. The molecular formula is C9H12O. The first-order valence-corrected chi connectivity index (χ1v) is 3.87. The van der Waals surface area contributed by atoms with Gasteiger partial charge in [0.25, 0.3) is 0 Å². The van der Waals surface area contributed by atoms with Gasteiger partial charge in [0, 0.05) is 5.92 Å². The minimum Gasteiger partial charge on any atom is -0.373 e.